The molecule has 0 spiro atoms. The average molecular weight is 91.2 g/mol. The highest BCUT2D eigenvalue weighted by Gasteiger charge is 1.96. The molecule has 0 saturated heterocycles. The second kappa shape index (κ2) is 1.13. The van der Waals surface area contributed by atoms with Crippen molar-refractivity contribution >= 4 is 10.0 Å². The Labute approximate surface area is 35.9 Å². The Morgan fingerprint density at radius 1 is 1.20 bits per heavy atom. The molecule has 0 rings (SSSR count). The normalized spacial score (nSPS) is 15.0. The Bertz CT molecular complexity index is 19.1. The monoisotopic (exact) mass is 91.1 g/mol. The Hall–Kier alpha value is 0.220. The maximum Gasteiger partial charge on any atom is 0.102 e. The summed E-state index contributed by atoms with van der Waals surface area (Å²) in [6.45, 7) is 0. The summed E-state index contributed by atoms with van der Waals surface area (Å²) in [6.07, 6.45) is 10.3. The standard InChI is InChI=1S/C4H11S/c1-5(2,3)4/h1H2,2-4H3/q+1. The molecule has 0 aliphatic heterocycles. The van der Waals surface area contributed by atoms with Crippen LogP contribution in [0.4, 0.5) is 0 Å². The van der Waals surface area contributed by atoms with Crippen molar-refractivity contribution in [2.75, 3.05) is 18.8 Å². The molecule has 0 aliphatic rings. The largest absolute Gasteiger partial charge is 0.106 e. The highest BCUT2D eigenvalue weighted by molar-refractivity contribution is 8.33. The number of rotatable bonds is 0. The zero-order chi connectivity index (χ0) is 4.50. The molecule has 0 unspecified atom stereocenters. The number of hydrogen-bond acceptors (Lipinski definition) is 0. The fraction of sp³-hybridized carbons (Fsp3) is 0.750. The molecule has 0 amide bonds. The Morgan fingerprint density at radius 3 is 1.20 bits per heavy atom. The fourth-order valence-corrected chi connectivity index (χ4v) is 0. The molecule has 0 N–H and O–H groups in total. The van der Waals surface area contributed by atoms with E-state index in [4.69, 9.17) is 0 Å². The van der Waals surface area contributed by atoms with E-state index in [0.29, 0.717) is 0 Å². The molecule has 0 fully saturated rings. The highest BCUT2D eigenvalue weighted by atomic mass is 32.3. The van der Waals surface area contributed by atoms with Gasteiger partial charge in [-0.3, -0.25) is 0 Å². The van der Waals surface area contributed by atoms with Gasteiger partial charge >= 0.3 is 0 Å². The zero-order valence-corrected chi connectivity index (χ0v) is 4.93. The highest BCUT2D eigenvalue weighted by Crippen LogP contribution is 2.30. The molecular formula is C4H11S+. The third-order valence-corrected chi connectivity index (χ3v) is 0. The number of hydrogen-bond donors (Lipinski definition) is 0. The molecule has 0 heterocycles. The van der Waals surface area contributed by atoms with Gasteiger partial charge in [0.1, 0.15) is 6.26 Å². The minimum absolute atomic E-state index is 0.417. The Kier molecular flexibility index (Phi) is 1.18. The van der Waals surface area contributed by atoms with Gasteiger partial charge in [-0.1, -0.05) is 0 Å². The summed E-state index contributed by atoms with van der Waals surface area (Å²) in [5, 5.41) is 0. The molecule has 0 aromatic heterocycles. The molecule has 32 valence electrons. The van der Waals surface area contributed by atoms with Gasteiger partial charge in [0.05, 0.1) is 0 Å². The van der Waals surface area contributed by atoms with Gasteiger partial charge in [0.2, 0.25) is 0 Å². The van der Waals surface area contributed by atoms with Crippen molar-refractivity contribution in [3.05, 3.63) is 6.26 Å². The first-order valence-electron chi connectivity index (χ1n) is 1.51. The maximum absolute atomic E-state index is 3.85. The van der Waals surface area contributed by atoms with E-state index in [0.717, 1.165) is 0 Å². The van der Waals surface area contributed by atoms with Gasteiger partial charge < -0.3 is 0 Å². The maximum atomic E-state index is 3.85. The summed E-state index contributed by atoms with van der Waals surface area (Å²) in [7, 11) is -0.417. The van der Waals surface area contributed by atoms with E-state index in [1.807, 2.05) is 0 Å². The van der Waals surface area contributed by atoms with Gasteiger partial charge in [0.15, 0.2) is 0 Å². The van der Waals surface area contributed by atoms with Crippen molar-refractivity contribution in [2.24, 2.45) is 0 Å². The summed E-state index contributed by atoms with van der Waals surface area (Å²) in [5.74, 6) is 0. The van der Waals surface area contributed by atoms with Crippen LogP contribution in [0.5, 0.6) is 0 Å². The van der Waals surface area contributed by atoms with Crippen molar-refractivity contribution in [3.63, 3.8) is 0 Å². The van der Waals surface area contributed by atoms with Crippen LogP contribution in [0.15, 0.2) is 0 Å². The lowest BCUT2D eigenvalue weighted by Crippen LogP contribution is -1.78. The molecule has 0 saturated carbocycles. The van der Waals surface area contributed by atoms with Crippen LogP contribution in [0.25, 0.3) is 0 Å². The van der Waals surface area contributed by atoms with Gasteiger partial charge in [0, 0.05) is 18.8 Å². The average Bonchev–Trinajstić information content (AvgIpc) is 0.722. The molecule has 0 aromatic rings. The molecule has 1 heteroatoms. The molecule has 0 aliphatic carbocycles. The summed E-state index contributed by atoms with van der Waals surface area (Å²) < 4.78 is 0. The van der Waals surface area contributed by atoms with Crippen LogP contribution < -0.4 is 0 Å². The Morgan fingerprint density at radius 2 is 1.20 bits per heavy atom. The van der Waals surface area contributed by atoms with E-state index < -0.39 is 10.0 Å². The molecule has 0 atom stereocenters. The molecule has 0 bridgehead atoms. The van der Waals surface area contributed by atoms with Gasteiger partial charge in [-0.2, -0.15) is 0 Å². The quantitative estimate of drug-likeness (QED) is 0.396. The molecule has 0 aromatic carbocycles. The van der Waals surface area contributed by atoms with Crippen LogP contribution in [0.2, 0.25) is 0 Å². The van der Waals surface area contributed by atoms with Gasteiger partial charge in [-0.25, -0.2) is 0 Å². The summed E-state index contributed by atoms with van der Waals surface area (Å²) in [4.78, 5) is 0. The lowest BCUT2D eigenvalue weighted by molar-refractivity contribution is 2.10. The van der Waals surface area contributed by atoms with E-state index in [2.05, 4.69) is 25.0 Å². The molecule has 0 nitrogen and oxygen atoms in total. The second-order valence-electron chi connectivity index (χ2n) is 2.09. The lowest BCUT2D eigenvalue weighted by Gasteiger charge is -2.04. The van der Waals surface area contributed by atoms with E-state index in [1.54, 1.807) is 0 Å². The summed E-state index contributed by atoms with van der Waals surface area (Å²) in [5.41, 5.74) is 0. The minimum Gasteiger partial charge on any atom is -0.106 e. The molecule has 0 radical (unpaired) electrons. The van der Waals surface area contributed by atoms with Crippen LogP contribution in [-0.4, -0.2) is 18.8 Å². The van der Waals surface area contributed by atoms with Crippen LogP contribution >= 0.6 is 10.0 Å². The Balaban J connectivity index is 3.02. The minimum atomic E-state index is -0.417. The van der Waals surface area contributed by atoms with Crippen molar-refractivity contribution < 1.29 is 0 Å². The van der Waals surface area contributed by atoms with Crippen molar-refractivity contribution in [2.45, 2.75) is 0 Å². The summed E-state index contributed by atoms with van der Waals surface area (Å²) in [6, 6.07) is 0. The second-order valence-corrected chi connectivity index (χ2v) is 6.27. The van der Waals surface area contributed by atoms with Crippen LogP contribution in [0.1, 0.15) is 0 Å². The smallest absolute Gasteiger partial charge is 0.102 e. The van der Waals surface area contributed by atoms with E-state index in [1.165, 1.54) is 0 Å². The van der Waals surface area contributed by atoms with Crippen LogP contribution in [0, 0.1) is 6.26 Å². The topological polar surface area (TPSA) is 0 Å². The van der Waals surface area contributed by atoms with Crippen molar-refractivity contribution in [1.82, 2.24) is 0 Å². The first-order chi connectivity index (χ1) is 2.00. The van der Waals surface area contributed by atoms with Crippen LogP contribution in [0.3, 0.4) is 0 Å². The predicted molar refractivity (Wildman–Crippen MR) is 30.7 cm³/mol. The van der Waals surface area contributed by atoms with E-state index in [-0.39, 0.29) is 0 Å². The van der Waals surface area contributed by atoms with Gasteiger partial charge in [0.25, 0.3) is 0 Å². The lowest BCUT2D eigenvalue weighted by atomic mass is 11.8. The van der Waals surface area contributed by atoms with Crippen LogP contribution in [-0.2, 0) is 0 Å². The third-order valence-electron chi connectivity index (χ3n) is 0. The SMILES string of the molecule is [CH2+]S(C)(C)C. The summed E-state index contributed by atoms with van der Waals surface area (Å²) >= 11 is 0. The molecular weight excluding hydrogens is 80.1 g/mol. The van der Waals surface area contributed by atoms with E-state index >= 15 is 0 Å². The van der Waals surface area contributed by atoms with E-state index in [9.17, 15) is 0 Å². The fourth-order valence-electron chi connectivity index (χ4n) is 0. The van der Waals surface area contributed by atoms with Crippen molar-refractivity contribution in [1.29, 1.82) is 0 Å². The van der Waals surface area contributed by atoms with Gasteiger partial charge in [-0.15, -0.1) is 10.0 Å². The first-order valence-corrected chi connectivity index (χ1v) is 4.54. The molecule has 5 heavy (non-hydrogen) atoms. The van der Waals surface area contributed by atoms with Gasteiger partial charge in [-0.05, 0) is 0 Å². The third kappa shape index (κ3) is 430. The zero-order valence-electron chi connectivity index (χ0n) is 4.12. The first kappa shape index (κ1) is 5.22. The predicted octanol–water partition coefficient (Wildman–Crippen LogP) is 1.47. The van der Waals surface area contributed by atoms with Crippen molar-refractivity contribution in [3.8, 4) is 0 Å².